The Hall–Kier alpha value is 0. The fraction of sp³-hybridized carbons (Fsp3) is 1.00. The molecule has 0 aliphatic heterocycles. The second-order valence-corrected chi connectivity index (χ2v) is 5.15. The lowest BCUT2D eigenvalue weighted by Gasteiger charge is -2.51. The summed E-state index contributed by atoms with van der Waals surface area (Å²) >= 11 is 0. The molecule has 0 heterocycles. The van der Waals surface area contributed by atoms with E-state index in [1.807, 2.05) is 0 Å². The Kier molecular flexibility index (Phi) is 2.18. The summed E-state index contributed by atoms with van der Waals surface area (Å²) in [6.07, 6.45) is 6.03. The average Bonchev–Trinajstić information content (AvgIpc) is 2.05. The van der Waals surface area contributed by atoms with Crippen molar-refractivity contribution in [1.82, 2.24) is 0 Å². The Balaban J connectivity index is 2.14. The fourth-order valence-corrected chi connectivity index (χ4v) is 4.08. The van der Waals surface area contributed by atoms with E-state index in [0.717, 1.165) is 29.6 Å². The minimum atomic E-state index is 1.03. The molecule has 3 rings (SSSR count). The third kappa shape index (κ3) is 1.11. The number of hydrogen-bond donors (Lipinski definition) is 0. The molecule has 0 aromatic carbocycles. The predicted octanol–water partition coefficient (Wildman–Crippen LogP) is 3.71. The molecule has 0 aromatic rings. The van der Waals surface area contributed by atoms with Crippen LogP contribution in [-0.2, 0) is 0 Å². The summed E-state index contributed by atoms with van der Waals surface area (Å²) in [6, 6.07) is 0. The topological polar surface area (TPSA) is 0 Å². The molecule has 3 fully saturated rings. The van der Waals surface area contributed by atoms with E-state index in [1.54, 1.807) is 0 Å². The normalized spacial score (nSPS) is 52.8. The molecule has 0 amide bonds. The SMILES string of the molecule is CCC1C2CCC(C(C)C2)C1C. The highest BCUT2D eigenvalue weighted by molar-refractivity contribution is 4.93. The van der Waals surface area contributed by atoms with E-state index < -0.39 is 0 Å². The van der Waals surface area contributed by atoms with Crippen LogP contribution in [-0.4, -0.2) is 0 Å². The first-order valence-electron chi connectivity index (χ1n) is 5.74. The zero-order valence-electron chi connectivity index (χ0n) is 8.72. The van der Waals surface area contributed by atoms with Gasteiger partial charge in [-0.1, -0.05) is 27.2 Å². The van der Waals surface area contributed by atoms with Gasteiger partial charge in [0.1, 0.15) is 0 Å². The van der Waals surface area contributed by atoms with Crippen molar-refractivity contribution < 1.29 is 0 Å². The summed E-state index contributed by atoms with van der Waals surface area (Å²) in [6.45, 7) is 7.35. The van der Waals surface area contributed by atoms with Gasteiger partial charge in [-0.25, -0.2) is 0 Å². The van der Waals surface area contributed by atoms with Gasteiger partial charge in [0, 0.05) is 0 Å². The Bertz CT molecular complexity index is 157. The van der Waals surface area contributed by atoms with E-state index in [1.165, 1.54) is 25.7 Å². The molecule has 3 aliphatic carbocycles. The summed E-state index contributed by atoms with van der Waals surface area (Å²) < 4.78 is 0. The maximum atomic E-state index is 2.50. The van der Waals surface area contributed by atoms with Crippen LogP contribution in [0.15, 0.2) is 0 Å². The third-order valence-corrected chi connectivity index (χ3v) is 4.70. The van der Waals surface area contributed by atoms with Crippen molar-refractivity contribution in [2.24, 2.45) is 29.6 Å². The van der Waals surface area contributed by atoms with Gasteiger partial charge in [0.25, 0.3) is 0 Å². The standard InChI is InChI=1S/C12H22/c1-4-11-9(3)12-6-5-10(11)7-8(12)2/h8-12H,4-7H2,1-3H3. The molecule has 12 heavy (non-hydrogen) atoms. The minimum absolute atomic E-state index is 1.03. The molecule has 3 aliphatic rings. The van der Waals surface area contributed by atoms with Gasteiger partial charge in [0.15, 0.2) is 0 Å². The monoisotopic (exact) mass is 166 g/mol. The van der Waals surface area contributed by atoms with E-state index in [4.69, 9.17) is 0 Å². The van der Waals surface area contributed by atoms with Crippen LogP contribution in [0.2, 0.25) is 0 Å². The number of rotatable bonds is 1. The van der Waals surface area contributed by atoms with Crippen LogP contribution < -0.4 is 0 Å². The molecule has 0 nitrogen and oxygen atoms in total. The van der Waals surface area contributed by atoms with Gasteiger partial charge in [-0.15, -0.1) is 0 Å². The van der Waals surface area contributed by atoms with Crippen molar-refractivity contribution in [1.29, 1.82) is 0 Å². The molecule has 70 valence electrons. The van der Waals surface area contributed by atoms with Crippen molar-refractivity contribution in [2.45, 2.75) is 46.5 Å². The molecule has 0 aromatic heterocycles. The van der Waals surface area contributed by atoms with Crippen LogP contribution in [0.25, 0.3) is 0 Å². The number of hydrogen-bond acceptors (Lipinski definition) is 0. The van der Waals surface area contributed by atoms with E-state index >= 15 is 0 Å². The van der Waals surface area contributed by atoms with Crippen molar-refractivity contribution in [3.8, 4) is 0 Å². The number of fused-ring (bicyclic) bond motifs is 3. The molecule has 0 saturated heterocycles. The molecule has 0 heteroatoms. The zero-order chi connectivity index (χ0) is 8.72. The predicted molar refractivity (Wildman–Crippen MR) is 52.9 cm³/mol. The van der Waals surface area contributed by atoms with E-state index in [9.17, 15) is 0 Å². The van der Waals surface area contributed by atoms with Gasteiger partial charge in [-0.3, -0.25) is 0 Å². The Morgan fingerprint density at radius 3 is 2.42 bits per heavy atom. The van der Waals surface area contributed by atoms with Gasteiger partial charge in [0.05, 0.1) is 0 Å². The van der Waals surface area contributed by atoms with Gasteiger partial charge < -0.3 is 0 Å². The molecular formula is C12H22. The Morgan fingerprint density at radius 2 is 1.92 bits per heavy atom. The lowest BCUT2D eigenvalue weighted by molar-refractivity contribution is -0.00981. The van der Waals surface area contributed by atoms with Crippen LogP contribution in [0.3, 0.4) is 0 Å². The minimum Gasteiger partial charge on any atom is -0.0651 e. The smallest absolute Gasteiger partial charge is 0.0360 e. The van der Waals surface area contributed by atoms with Gasteiger partial charge in [-0.05, 0) is 48.9 Å². The molecular weight excluding hydrogens is 144 g/mol. The van der Waals surface area contributed by atoms with E-state index in [-0.39, 0.29) is 0 Å². The highest BCUT2D eigenvalue weighted by Crippen LogP contribution is 2.52. The summed E-state index contributed by atoms with van der Waals surface area (Å²) in [7, 11) is 0. The highest BCUT2D eigenvalue weighted by atomic mass is 14.5. The lowest BCUT2D eigenvalue weighted by atomic mass is 9.55. The van der Waals surface area contributed by atoms with Crippen LogP contribution in [0, 0.1) is 29.6 Å². The third-order valence-electron chi connectivity index (χ3n) is 4.70. The van der Waals surface area contributed by atoms with Crippen molar-refractivity contribution in [3.63, 3.8) is 0 Å². The largest absolute Gasteiger partial charge is 0.0651 e. The lowest BCUT2D eigenvalue weighted by Crippen LogP contribution is -2.42. The first-order chi connectivity index (χ1) is 5.74. The average molecular weight is 166 g/mol. The summed E-state index contributed by atoms with van der Waals surface area (Å²) in [5, 5.41) is 0. The quantitative estimate of drug-likeness (QED) is 0.557. The highest BCUT2D eigenvalue weighted by Gasteiger charge is 2.43. The maximum absolute atomic E-state index is 2.50. The zero-order valence-corrected chi connectivity index (χ0v) is 8.72. The first-order valence-corrected chi connectivity index (χ1v) is 5.74. The second-order valence-electron chi connectivity index (χ2n) is 5.15. The summed E-state index contributed by atoms with van der Waals surface area (Å²) in [4.78, 5) is 0. The molecule has 5 unspecified atom stereocenters. The van der Waals surface area contributed by atoms with Crippen LogP contribution in [0.1, 0.15) is 46.5 Å². The maximum Gasteiger partial charge on any atom is -0.0360 e. The second kappa shape index (κ2) is 3.05. The molecule has 0 spiro atoms. The van der Waals surface area contributed by atoms with Gasteiger partial charge in [-0.2, -0.15) is 0 Å². The molecule has 2 bridgehead atoms. The Labute approximate surface area is 76.7 Å². The van der Waals surface area contributed by atoms with Gasteiger partial charge in [0.2, 0.25) is 0 Å². The molecule has 5 atom stereocenters. The Morgan fingerprint density at radius 1 is 1.17 bits per heavy atom. The van der Waals surface area contributed by atoms with Crippen LogP contribution in [0.4, 0.5) is 0 Å². The van der Waals surface area contributed by atoms with E-state index in [2.05, 4.69) is 20.8 Å². The van der Waals surface area contributed by atoms with Gasteiger partial charge >= 0.3 is 0 Å². The fourth-order valence-electron chi connectivity index (χ4n) is 4.08. The molecule has 0 N–H and O–H groups in total. The first kappa shape index (κ1) is 8.59. The van der Waals surface area contributed by atoms with Crippen LogP contribution in [0.5, 0.6) is 0 Å². The van der Waals surface area contributed by atoms with Crippen molar-refractivity contribution >= 4 is 0 Å². The summed E-state index contributed by atoms with van der Waals surface area (Å²) in [5.41, 5.74) is 0. The van der Waals surface area contributed by atoms with Crippen molar-refractivity contribution in [2.75, 3.05) is 0 Å². The van der Waals surface area contributed by atoms with E-state index in [0.29, 0.717) is 0 Å². The molecule has 3 saturated carbocycles. The summed E-state index contributed by atoms with van der Waals surface area (Å²) in [5.74, 6) is 5.28. The van der Waals surface area contributed by atoms with Crippen LogP contribution >= 0.6 is 0 Å². The molecule has 0 radical (unpaired) electrons. The van der Waals surface area contributed by atoms with Crippen molar-refractivity contribution in [3.05, 3.63) is 0 Å².